The molecule has 1 aromatic carbocycles. The normalized spacial score (nSPS) is 22.5. The van der Waals surface area contributed by atoms with Gasteiger partial charge < -0.3 is 19.5 Å². The fourth-order valence-electron chi connectivity index (χ4n) is 2.56. The molecule has 112 valence electrons. The highest BCUT2D eigenvalue weighted by molar-refractivity contribution is 5.31. The van der Waals surface area contributed by atoms with Crippen molar-refractivity contribution in [1.82, 2.24) is 5.32 Å². The maximum atomic E-state index is 5.86. The lowest BCUT2D eigenvalue weighted by atomic mass is 9.93. The van der Waals surface area contributed by atoms with Gasteiger partial charge in [0.05, 0.1) is 19.8 Å². The van der Waals surface area contributed by atoms with E-state index >= 15 is 0 Å². The molecule has 1 aromatic rings. The summed E-state index contributed by atoms with van der Waals surface area (Å²) in [5.74, 6) is 1.70. The Morgan fingerprint density at radius 3 is 2.25 bits per heavy atom. The van der Waals surface area contributed by atoms with Crippen LogP contribution in [0.2, 0.25) is 0 Å². The average molecular weight is 279 g/mol. The van der Waals surface area contributed by atoms with Crippen molar-refractivity contribution in [2.24, 2.45) is 0 Å². The fourth-order valence-corrected chi connectivity index (χ4v) is 2.56. The minimum Gasteiger partial charge on any atom is -0.497 e. The van der Waals surface area contributed by atoms with Crippen molar-refractivity contribution in [1.29, 1.82) is 0 Å². The van der Waals surface area contributed by atoms with Gasteiger partial charge in [-0.3, -0.25) is 0 Å². The SMILES string of the molecule is CNC1CCC(OCCOc2ccc(OC)cc2)CC1. The molecule has 1 saturated carbocycles. The Labute approximate surface area is 121 Å². The van der Waals surface area contributed by atoms with E-state index < -0.39 is 0 Å². The molecule has 1 aliphatic rings. The summed E-state index contributed by atoms with van der Waals surface area (Å²) in [5.41, 5.74) is 0. The van der Waals surface area contributed by atoms with Gasteiger partial charge in [0.25, 0.3) is 0 Å². The van der Waals surface area contributed by atoms with E-state index in [1.54, 1.807) is 7.11 Å². The molecule has 20 heavy (non-hydrogen) atoms. The molecule has 0 radical (unpaired) electrons. The molecular formula is C16H25NO3. The lowest BCUT2D eigenvalue weighted by molar-refractivity contribution is 0.00846. The van der Waals surface area contributed by atoms with Gasteiger partial charge in [-0.25, -0.2) is 0 Å². The van der Waals surface area contributed by atoms with Crippen molar-refractivity contribution in [3.63, 3.8) is 0 Å². The van der Waals surface area contributed by atoms with Crippen molar-refractivity contribution in [2.75, 3.05) is 27.4 Å². The van der Waals surface area contributed by atoms with Crippen LogP contribution in [-0.4, -0.2) is 39.5 Å². The maximum absolute atomic E-state index is 5.86. The topological polar surface area (TPSA) is 39.7 Å². The molecule has 0 bridgehead atoms. The molecule has 4 nitrogen and oxygen atoms in total. The molecule has 0 atom stereocenters. The summed E-state index contributed by atoms with van der Waals surface area (Å²) in [5, 5.41) is 3.33. The lowest BCUT2D eigenvalue weighted by Crippen LogP contribution is -2.33. The summed E-state index contributed by atoms with van der Waals surface area (Å²) in [6, 6.07) is 8.30. The van der Waals surface area contributed by atoms with E-state index in [4.69, 9.17) is 14.2 Å². The van der Waals surface area contributed by atoms with Crippen LogP contribution in [0.4, 0.5) is 0 Å². The van der Waals surface area contributed by atoms with Crippen molar-refractivity contribution in [3.8, 4) is 11.5 Å². The Morgan fingerprint density at radius 2 is 1.65 bits per heavy atom. The standard InChI is InChI=1S/C16H25NO3/c1-17-13-3-5-15(6-4-13)19-11-12-20-16-9-7-14(18-2)8-10-16/h7-10,13,15,17H,3-6,11-12H2,1-2H3. The quantitative estimate of drug-likeness (QED) is 0.779. The molecule has 1 aliphatic carbocycles. The van der Waals surface area contributed by atoms with E-state index in [-0.39, 0.29) is 0 Å². The number of rotatable bonds is 7. The summed E-state index contributed by atoms with van der Waals surface area (Å²) in [4.78, 5) is 0. The molecule has 0 aliphatic heterocycles. The first-order valence-electron chi connectivity index (χ1n) is 7.37. The molecule has 0 unspecified atom stereocenters. The smallest absolute Gasteiger partial charge is 0.119 e. The first-order valence-corrected chi connectivity index (χ1v) is 7.37. The van der Waals surface area contributed by atoms with Gasteiger partial charge in [-0.15, -0.1) is 0 Å². The summed E-state index contributed by atoms with van der Waals surface area (Å²) >= 11 is 0. The molecule has 1 fully saturated rings. The van der Waals surface area contributed by atoms with Crippen LogP contribution in [0.3, 0.4) is 0 Å². The third-order valence-electron chi connectivity index (χ3n) is 3.85. The van der Waals surface area contributed by atoms with Crippen molar-refractivity contribution < 1.29 is 14.2 Å². The largest absolute Gasteiger partial charge is 0.497 e. The van der Waals surface area contributed by atoms with E-state index in [2.05, 4.69) is 5.32 Å². The Hall–Kier alpha value is -1.26. The van der Waals surface area contributed by atoms with Gasteiger partial charge >= 0.3 is 0 Å². The first-order chi connectivity index (χ1) is 9.81. The van der Waals surface area contributed by atoms with Gasteiger partial charge in [0.2, 0.25) is 0 Å². The zero-order chi connectivity index (χ0) is 14.2. The highest BCUT2D eigenvalue weighted by Crippen LogP contribution is 2.21. The van der Waals surface area contributed by atoms with E-state index in [1.807, 2.05) is 31.3 Å². The third-order valence-corrected chi connectivity index (χ3v) is 3.85. The van der Waals surface area contributed by atoms with E-state index in [0.29, 0.717) is 25.4 Å². The van der Waals surface area contributed by atoms with E-state index in [9.17, 15) is 0 Å². The third kappa shape index (κ3) is 4.69. The number of hydrogen-bond acceptors (Lipinski definition) is 4. The van der Waals surface area contributed by atoms with Crippen LogP contribution in [-0.2, 0) is 4.74 Å². The van der Waals surface area contributed by atoms with Crippen molar-refractivity contribution >= 4 is 0 Å². The predicted octanol–water partition coefficient (Wildman–Crippen LogP) is 2.62. The van der Waals surface area contributed by atoms with Crippen LogP contribution in [0.5, 0.6) is 11.5 Å². The average Bonchev–Trinajstić information content (AvgIpc) is 2.53. The Morgan fingerprint density at radius 1 is 1.00 bits per heavy atom. The van der Waals surface area contributed by atoms with E-state index in [0.717, 1.165) is 24.3 Å². The molecule has 0 spiro atoms. The van der Waals surface area contributed by atoms with Crippen molar-refractivity contribution in [3.05, 3.63) is 24.3 Å². The lowest BCUT2D eigenvalue weighted by Gasteiger charge is -2.28. The van der Waals surface area contributed by atoms with Gasteiger partial charge in [-0.05, 0) is 57.0 Å². The second kappa shape index (κ2) is 8.12. The number of methoxy groups -OCH3 is 1. The van der Waals surface area contributed by atoms with Gasteiger partial charge in [-0.2, -0.15) is 0 Å². The summed E-state index contributed by atoms with van der Waals surface area (Å²) in [7, 11) is 3.70. The fraction of sp³-hybridized carbons (Fsp3) is 0.625. The summed E-state index contributed by atoms with van der Waals surface area (Å²) in [6.07, 6.45) is 5.11. The van der Waals surface area contributed by atoms with Crippen LogP contribution >= 0.6 is 0 Å². The maximum Gasteiger partial charge on any atom is 0.119 e. The highest BCUT2D eigenvalue weighted by Gasteiger charge is 2.19. The predicted molar refractivity (Wildman–Crippen MR) is 79.5 cm³/mol. The Balaban J connectivity index is 1.59. The molecule has 4 heteroatoms. The second-order valence-corrected chi connectivity index (χ2v) is 5.16. The van der Waals surface area contributed by atoms with Crippen molar-refractivity contribution in [2.45, 2.75) is 37.8 Å². The van der Waals surface area contributed by atoms with Crippen LogP contribution in [0.15, 0.2) is 24.3 Å². The second-order valence-electron chi connectivity index (χ2n) is 5.16. The zero-order valence-electron chi connectivity index (χ0n) is 12.4. The zero-order valence-corrected chi connectivity index (χ0v) is 12.4. The molecule has 0 heterocycles. The molecular weight excluding hydrogens is 254 g/mol. The monoisotopic (exact) mass is 279 g/mol. The van der Waals surface area contributed by atoms with Crippen LogP contribution in [0, 0.1) is 0 Å². The van der Waals surface area contributed by atoms with Gasteiger partial charge in [0, 0.05) is 6.04 Å². The van der Waals surface area contributed by atoms with Gasteiger partial charge in [0.1, 0.15) is 18.1 Å². The molecule has 2 rings (SSSR count). The number of nitrogens with one attached hydrogen (secondary N) is 1. The minimum absolute atomic E-state index is 0.402. The Kier molecular flexibility index (Phi) is 6.15. The molecule has 1 N–H and O–H groups in total. The number of hydrogen-bond donors (Lipinski definition) is 1. The molecule has 0 aromatic heterocycles. The van der Waals surface area contributed by atoms with Crippen LogP contribution in [0.25, 0.3) is 0 Å². The van der Waals surface area contributed by atoms with Crippen LogP contribution in [0.1, 0.15) is 25.7 Å². The Bertz CT molecular complexity index is 372. The minimum atomic E-state index is 0.402. The first kappa shape index (κ1) is 15.1. The van der Waals surface area contributed by atoms with Gasteiger partial charge in [-0.1, -0.05) is 0 Å². The number of benzene rings is 1. The molecule has 0 amide bonds. The number of ether oxygens (including phenoxy) is 3. The molecule has 0 saturated heterocycles. The van der Waals surface area contributed by atoms with E-state index in [1.165, 1.54) is 12.8 Å². The summed E-state index contributed by atoms with van der Waals surface area (Å²) in [6.45, 7) is 1.25. The summed E-state index contributed by atoms with van der Waals surface area (Å²) < 4.78 is 16.6. The highest BCUT2D eigenvalue weighted by atomic mass is 16.5. The van der Waals surface area contributed by atoms with Gasteiger partial charge in [0.15, 0.2) is 0 Å². The van der Waals surface area contributed by atoms with Crippen LogP contribution < -0.4 is 14.8 Å².